The zero-order valence-electron chi connectivity index (χ0n) is 16.1. The van der Waals surface area contributed by atoms with Crippen LogP contribution in [0, 0.1) is 6.92 Å². The van der Waals surface area contributed by atoms with E-state index in [-0.39, 0.29) is 18.0 Å². The van der Waals surface area contributed by atoms with Gasteiger partial charge in [-0.3, -0.25) is 4.79 Å². The summed E-state index contributed by atoms with van der Waals surface area (Å²) >= 11 is 0. The highest BCUT2D eigenvalue weighted by atomic mass is 16.4. The first kappa shape index (κ1) is 19.0. The maximum absolute atomic E-state index is 12.7. The van der Waals surface area contributed by atoms with Crippen molar-refractivity contribution in [2.24, 2.45) is 0 Å². The summed E-state index contributed by atoms with van der Waals surface area (Å²) in [6.07, 6.45) is 6.42. The standard InChI is InChI=1S/C20H22N6O3/c1-13-9-16(14-4-7-21-8-5-14)29-20(28)17(13)19(27)24-10-15-3-2-6-23-18(15)26-12-22-11-25-26/h2-3,6,9,11-12,14,21H,4-5,7-8,10H2,1H3,(H,24,27). The number of aromatic nitrogens is 4. The quantitative estimate of drug-likeness (QED) is 0.671. The minimum Gasteiger partial charge on any atom is -0.427 e. The second-order valence-electron chi connectivity index (χ2n) is 7.03. The molecule has 0 atom stereocenters. The van der Waals surface area contributed by atoms with E-state index in [4.69, 9.17) is 4.42 Å². The summed E-state index contributed by atoms with van der Waals surface area (Å²) < 4.78 is 7.03. The minimum absolute atomic E-state index is 0.0360. The maximum atomic E-state index is 12.7. The summed E-state index contributed by atoms with van der Waals surface area (Å²) in [5.74, 6) is 0.962. The fraction of sp³-hybridized carbons (Fsp3) is 0.350. The summed E-state index contributed by atoms with van der Waals surface area (Å²) in [4.78, 5) is 33.5. The first-order valence-corrected chi connectivity index (χ1v) is 9.56. The van der Waals surface area contributed by atoms with E-state index in [0.717, 1.165) is 31.5 Å². The predicted octanol–water partition coefficient (Wildman–Crippen LogP) is 1.32. The molecule has 3 aromatic heterocycles. The van der Waals surface area contributed by atoms with E-state index >= 15 is 0 Å². The Bertz CT molecular complexity index is 1050. The third-order valence-electron chi connectivity index (χ3n) is 5.08. The molecule has 0 radical (unpaired) electrons. The van der Waals surface area contributed by atoms with Gasteiger partial charge in [0.15, 0.2) is 5.82 Å². The van der Waals surface area contributed by atoms with Crippen LogP contribution in [0.3, 0.4) is 0 Å². The van der Waals surface area contributed by atoms with Crippen LogP contribution in [0.1, 0.15) is 46.0 Å². The number of hydrogen-bond acceptors (Lipinski definition) is 7. The van der Waals surface area contributed by atoms with E-state index in [1.807, 2.05) is 12.1 Å². The molecule has 1 aliphatic heterocycles. The average Bonchev–Trinajstić information content (AvgIpc) is 3.27. The van der Waals surface area contributed by atoms with Crippen molar-refractivity contribution < 1.29 is 9.21 Å². The van der Waals surface area contributed by atoms with Crippen LogP contribution in [0.2, 0.25) is 0 Å². The minimum atomic E-state index is -0.598. The van der Waals surface area contributed by atoms with Crippen LogP contribution < -0.4 is 16.3 Å². The van der Waals surface area contributed by atoms with Gasteiger partial charge in [-0.1, -0.05) is 6.07 Å². The van der Waals surface area contributed by atoms with Crippen molar-refractivity contribution in [1.29, 1.82) is 0 Å². The molecule has 3 aromatic rings. The van der Waals surface area contributed by atoms with E-state index in [2.05, 4.69) is 25.7 Å². The molecule has 29 heavy (non-hydrogen) atoms. The average molecular weight is 394 g/mol. The molecule has 2 N–H and O–H groups in total. The van der Waals surface area contributed by atoms with Crippen molar-refractivity contribution in [3.63, 3.8) is 0 Å². The summed E-state index contributed by atoms with van der Waals surface area (Å²) in [6.45, 7) is 3.75. The van der Waals surface area contributed by atoms with Gasteiger partial charge in [-0.05, 0) is 50.6 Å². The highest BCUT2D eigenvalue weighted by molar-refractivity contribution is 5.95. The monoisotopic (exact) mass is 394 g/mol. The molecule has 1 fully saturated rings. The van der Waals surface area contributed by atoms with Gasteiger partial charge in [0.2, 0.25) is 0 Å². The Hall–Kier alpha value is -3.33. The molecule has 1 saturated heterocycles. The molecular formula is C20H22N6O3. The molecular weight excluding hydrogens is 372 g/mol. The van der Waals surface area contributed by atoms with Crippen LogP contribution in [0.25, 0.3) is 5.82 Å². The molecule has 0 unspecified atom stereocenters. The second-order valence-corrected chi connectivity index (χ2v) is 7.03. The molecule has 0 aromatic carbocycles. The number of carbonyl (C=O) groups excluding carboxylic acids is 1. The third-order valence-corrected chi connectivity index (χ3v) is 5.08. The van der Waals surface area contributed by atoms with Gasteiger partial charge in [0.05, 0.1) is 0 Å². The number of amides is 1. The molecule has 1 aliphatic rings. The Balaban J connectivity index is 1.52. The second kappa shape index (κ2) is 8.36. The Labute approximate surface area is 167 Å². The normalized spacial score (nSPS) is 14.7. The molecule has 1 amide bonds. The van der Waals surface area contributed by atoms with Crippen molar-refractivity contribution in [3.8, 4) is 5.82 Å². The number of nitrogens with one attached hydrogen (secondary N) is 2. The van der Waals surface area contributed by atoms with Crippen LogP contribution in [0.5, 0.6) is 0 Å². The largest absolute Gasteiger partial charge is 0.427 e. The lowest BCUT2D eigenvalue weighted by atomic mass is 9.94. The van der Waals surface area contributed by atoms with Gasteiger partial charge in [0.1, 0.15) is 24.0 Å². The Morgan fingerprint density at radius 2 is 2.21 bits per heavy atom. The van der Waals surface area contributed by atoms with E-state index in [1.54, 1.807) is 19.2 Å². The van der Waals surface area contributed by atoms with Crippen molar-refractivity contribution >= 4 is 5.91 Å². The number of rotatable bonds is 5. The lowest BCUT2D eigenvalue weighted by Gasteiger charge is -2.22. The Morgan fingerprint density at radius 1 is 1.38 bits per heavy atom. The Kier molecular flexibility index (Phi) is 5.48. The zero-order valence-corrected chi connectivity index (χ0v) is 16.1. The third kappa shape index (κ3) is 4.09. The topological polar surface area (TPSA) is 115 Å². The lowest BCUT2D eigenvalue weighted by molar-refractivity contribution is 0.0945. The smallest absolute Gasteiger partial charge is 0.349 e. The van der Waals surface area contributed by atoms with E-state index < -0.39 is 11.5 Å². The molecule has 9 nitrogen and oxygen atoms in total. The van der Waals surface area contributed by atoms with Crippen molar-refractivity contribution in [2.45, 2.75) is 32.2 Å². The van der Waals surface area contributed by atoms with Crippen molar-refractivity contribution in [2.75, 3.05) is 13.1 Å². The molecule has 0 saturated carbocycles. The maximum Gasteiger partial charge on any atom is 0.349 e. The summed E-state index contributed by atoms with van der Waals surface area (Å²) in [7, 11) is 0. The highest BCUT2D eigenvalue weighted by Crippen LogP contribution is 2.25. The molecule has 0 bridgehead atoms. The van der Waals surface area contributed by atoms with Crippen molar-refractivity contribution in [1.82, 2.24) is 30.4 Å². The van der Waals surface area contributed by atoms with Gasteiger partial charge in [0, 0.05) is 24.2 Å². The van der Waals surface area contributed by atoms with Gasteiger partial charge >= 0.3 is 5.63 Å². The zero-order chi connectivity index (χ0) is 20.2. The fourth-order valence-corrected chi connectivity index (χ4v) is 3.57. The first-order chi connectivity index (χ1) is 14.1. The molecule has 4 rings (SSSR count). The first-order valence-electron chi connectivity index (χ1n) is 9.56. The molecule has 150 valence electrons. The van der Waals surface area contributed by atoms with E-state index in [1.165, 1.54) is 17.3 Å². The number of hydrogen-bond donors (Lipinski definition) is 2. The van der Waals surface area contributed by atoms with Gasteiger partial charge in [-0.15, -0.1) is 0 Å². The van der Waals surface area contributed by atoms with Crippen LogP contribution in [0.4, 0.5) is 0 Å². The molecule has 0 spiro atoms. The van der Waals surface area contributed by atoms with Crippen molar-refractivity contribution in [3.05, 3.63) is 69.9 Å². The van der Waals surface area contributed by atoms with E-state index in [0.29, 0.717) is 17.1 Å². The van der Waals surface area contributed by atoms with E-state index in [9.17, 15) is 9.59 Å². The predicted molar refractivity (Wildman–Crippen MR) is 105 cm³/mol. The lowest BCUT2D eigenvalue weighted by Crippen LogP contribution is -2.31. The number of piperidine rings is 1. The van der Waals surface area contributed by atoms with Gasteiger partial charge < -0.3 is 15.1 Å². The molecule has 0 aliphatic carbocycles. The number of carbonyl (C=O) groups is 1. The number of aryl methyl sites for hydroxylation is 1. The SMILES string of the molecule is Cc1cc(C2CCNCC2)oc(=O)c1C(=O)NCc1cccnc1-n1cncn1. The molecule has 9 heteroatoms. The van der Waals surface area contributed by atoms with Gasteiger partial charge in [0.25, 0.3) is 5.91 Å². The summed E-state index contributed by atoms with van der Waals surface area (Å²) in [5.41, 5.74) is 0.808. The van der Waals surface area contributed by atoms with Gasteiger partial charge in [-0.25, -0.2) is 19.4 Å². The fourth-order valence-electron chi connectivity index (χ4n) is 3.57. The van der Waals surface area contributed by atoms with Crippen LogP contribution >= 0.6 is 0 Å². The van der Waals surface area contributed by atoms with Crippen LogP contribution in [-0.2, 0) is 6.54 Å². The Morgan fingerprint density at radius 3 is 2.93 bits per heavy atom. The number of nitrogens with zero attached hydrogens (tertiary/aromatic N) is 4. The number of pyridine rings is 1. The summed E-state index contributed by atoms with van der Waals surface area (Å²) in [5, 5.41) is 10.2. The van der Waals surface area contributed by atoms with Gasteiger partial charge in [-0.2, -0.15) is 5.10 Å². The summed E-state index contributed by atoms with van der Waals surface area (Å²) in [6, 6.07) is 5.42. The molecule has 4 heterocycles. The van der Waals surface area contributed by atoms with Crippen LogP contribution in [0.15, 0.2) is 46.3 Å². The van der Waals surface area contributed by atoms with Crippen LogP contribution in [-0.4, -0.2) is 38.7 Å². The highest BCUT2D eigenvalue weighted by Gasteiger charge is 2.22.